The van der Waals surface area contributed by atoms with Gasteiger partial charge in [-0.1, -0.05) is 44.9 Å². The van der Waals surface area contributed by atoms with E-state index in [9.17, 15) is 8.42 Å². The van der Waals surface area contributed by atoms with Gasteiger partial charge in [0.2, 0.25) is 0 Å². The second-order valence-corrected chi connectivity index (χ2v) is 10.4. The van der Waals surface area contributed by atoms with Crippen LogP contribution in [0.25, 0.3) is 0 Å². The molecule has 0 amide bonds. The molecule has 0 spiro atoms. The maximum Gasteiger partial charge on any atom is 0.283 e. The molecule has 2 aliphatic rings. The largest absolute Gasteiger partial charge is 0.497 e. The zero-order valence-corrected chi connectivity index (χ0v) is 19.0. The van der Waals surface area contributed by atoms with E-state index in [0.29, 0.717) is 17.7 Å². The Morgan fingerprint density at radius 1 is 1.03 bits per heavy atom. The molecule has 0 heterocycles. The predicted octanol–water partition coefficient (Wildman–Crippen LogP) is 5.41. The van der Waals surface area contributed by atoms with Gasteiger partial charge in [0.1, 0.15) is 11.6 Å². The van der Waals surface area contributed by atoms with E-state index in [1.165, 1.54) is 44.9 Å². The third-order valence-electron chi connectivity index (χ3n) is 6.35. The van der Waals surface area contributed by atoms with Crippen LogP contribution in [0.15, 0.2) is 33.6 Å². The molecule has 5 nitrogen and oxygen atoms in total. The molecule has 2 fully saturated rings. The fourth-order valence-corrected chi connectivity index (χ4v) is 5.92. The average molecular weight is 421 g/mol. The minimum absolute atomic E-state index is 0.231. The summed E-state index contributed by atoms with van der Waals surface area (Å²) in [7, 11) is -2.18. The smallest absolute Gasteiger partial charge is 0.283 e. The summed E-state index contributed by atoms with van der Waals surface area (Å²) in [4.78, 5) is 2.55. The van der Waals surface area contributed by atoms with Crippen LogP contribution in [0, 0.1) is 5.92 Å². The highest BCUT2D eigenvalue weighted by Crippen LogP contribution is 2.32. The van der Waals surface area contributed by atoms with Crippen LogP contribution in [-0.4, -0.2) is 38.3 Å². The molecule has 0 N–H and O–H groups in total. The lowest BCUT2D eigenvalue weighted by Gasteiger charge is -2.37. The predicted molar refractivity (Wildman–Crippen MR) is 118 cm³/mol. The molecule has 162 valence electrons. The van der Waals surface area contributed by atoms with E-state index in [0.717, 1.165) is 25.1 Å². The summed E-state index contributed by atoms with van der Waals surface area (Å²) in [6.07, 6.45) is 11.6. The SMILES string of the molecule is COc1ccc(S(=O)(=O)/N=C(\CC2CCCCC2)N(C(C)C)C2CCCC2)cc1. The van der Waals surface area contributed by atoms with Gasteiger partial charge in [-0.05, 0) is 56.9 Å². The van der Waals surface area contributed by atoms with E-state index in [1.54, 1.807) is 31.4 Å². The summed E-state index contributed by atoms with van der Waals surface area (Å²) < 4.78 is 36.0. The summed E-state index contributed by atoms with van der Waals surface area (Å²) in [5.74, 6) is 1.95. The van der Waals surface area contributed by atoms with Crippen molar-refractivity contribution in [1.82, 2.24) is 4.90 Å². The first-order valence-electron chi connectivity index (χ1n) is 11.2. The highest BCUT2D eigenvalue weighted by atomic mass is 32.2. The first kappa shape index (κ1) is 22.1. The van der Waals surface area contributed by atoms with E-state index >= 15 is 0 Å². The van der Waals surface area contributed by atoms with E-state index < -0.39 is 10.0 Å². The number of hydrogen-bond donors (Lipinski definition) is 0. The van der Waals surface area contributed by atoms with Crippen LogP contribution in [-0.2, 0) is 10.0 Å². The van der Waals surface area contributed by atoms with Gasteiger partial charge in [0.05, 0.1) is 12.0 Å². The van der Waals surface area contributed by atoms with Crippen LogP contribution in [0.5, 0.6) is 5.75 Å². The standard InChI is InChI=1S/C23H36N2O3S/c1-18(2)25(20-11-7-8-12-20)23(17-19-9-5-4-6-10-19)24-29(26,27)22-15-13-21(28-3)14-16-22/h13-16,18-20H,4-12,17H2,1-3H3/b24-23+. The molecule has 1 aromatic carbocycles. The van der Waals surface area contributed by atoms with Crippen molar-refractivity contribution >= 4 is 15.9 Å². The quantitative estimate of drug-likeness (QED) is 0.437. The molecular formula is C23H36N2O3S. The molecule has 0 unspecified atom stereocenters. The van der Waals surface area contributed by atoms with Gasteiger partial charge >= 0.3 is 0 Å². The van der Waals surface area contributed by atoms with Crippen molar-refractivity contribution in [2.45, 2.75) is 95.0 Å². The van der Waals surface area contributed by atoms with Gasteiger partial charge < -0.3 is 9.64 Å². The Bertz CT molecular complexity index is 775. The molecule has 2 saturated carbocycles. The second kappa shape index (κ2) is 9.96. The van der Waals surface area contributed by atoms with Crippen molar-refractivity contribution in [2.75, 3.05) is 7.11 Å². The van der Waals surface area contributed by atoms with Crippen molar-refractivity contribution < 1.29 is 13.2 Å². The molecule has 29 heavy (non-hydrogen) atoms. The first-order valence-corrected chi connectivity index (χ1v) is 12.6. The van der Waals surface area contributed by atoms with Crippen molar-refractivity contribution in [2.24, 2.45) is 10.3 Å². The lowest BCUT2D eigenvalue weighted by atomic mass is 9.86. The minimum atomic E-state index is -3.75. The fourth-order valence-electron chi connectivity index (χ4n) is 4.89. The molecule has 3 rings (SSSR count). The summed E-state index contributed by atoms with van der Waals surface area (Å²) in [5.41, 5.74) is 0. The van der Waals surface area contributed by atoms with Crippen LogP contribution in [0.2, 0.25) is 0 Å². The van der Waals surface area contributed by atoms with E-state index in [1.807, 2.05) is 0 Å². The topological polar surface area (TPSA) is 59.0 Å². The maximum atomic E-state index is 13.2. The Morgan fingerprint density at radius 3 is 2.17 bits per heavy atom. The Balaban J connectivity index is 1.94. The Kier molecular flexibility index (Phi) is 7.60. The number of benzene rings is 1. The van der Waals surface area contributed by atoms with E-state index in [4.69, 9.17) is 4.74 Å². The molecule has 0 radical (unpaired) electrons. The van der Waals surface area contributed by atoms with Crippen LogP contribution >= 0.6 is 0 Å². The van der Waals surface area contributed by atoms with Gasteiger partial charge in [-0.15, -0.1) is 4.40 Å². The van der Waals surface area contributed by atoms with Crippen LogP contribution in [0.3, 0.4) is 0 Å². The summed E-state index contributed by atoms with van der Waals surface area (Å²) in [6, 6.07) is 7.19. The normalized spacial score (nSPS) is 19.7. The third kappa shape index (κ3) is 5.74. The number of nitrogens with zero attached hydrogens (tertiary/aromatic N) is 2. The van der Waals surface area contributed by atoms with Gasteiger partial charge in [0, 0.05) is 18.5 Å². The Morgan fingerprint density at radius 2 is 1.62 bits per heavy atom. The van der Waals surface area contributed by atoms with Crippen molar-refractivity contribution in [3.05, 3.63) is 24.3 Å². The number of amidine groups is 1. The fraction of sp³-hybridized carbons (Fsp3) is 0.696. The first-order chi connectivity index (χ1) is 13.9. The molecule has 0 aliphatic heterocycles. The molecule has 0 aromatic heterocycles. The van der Waals surface area contributed by atoms with Gasteiger partial charge in [-0.3, -0.25) is 0 Å². The molecule has 0 atom stereocenters. The zero-order chi connectivity index (χ0) is 20.9. The van der Waals surface area contributed by atoms with E-state index in [-0.39, 0.29) is 10.9 Å². The number of sulfonamides is 1. The zero-order valence-electron chi connectivity index (χ0n) is 18.1. The number of ether oxygens (including phenoxy) is 1. The lowest BCUT2D eigenvalue weighted by molar-refractivity contribution is 0.249. The molecule has 1 aromatic rings. The Hall–Kier alpha value is -1.56. The summed E-state index contributed by atoms with van der Waals surface area (Å²) in [6.45, 7) is 4.32. The second-order valence-electron chi connectivity index (χ2n) is 8.81. The van der Waals surface area contributed by atoms with Crippen LogP contribution < -0.4 is 4.74 Å². The highest BCUT2D eigenvalue weighted by Gasteiger charge is 2.31. The van der Waals surface area contributed by atoms with Crippen molar-refractivity contribution in [3.8, 4) is 5.75 Å². The van der Waals surface area contributed by atoms with Gasteiger partial charge in [0.15, 0.2) is 0 Å². The number of rotatable bonds is 7. The third-order valence-corrected chi connectivity index (χ3v) is 7.67. The maximum absolute atomic E-state index is 13.2. The number of hydrogen-bond acceptors (Lipinski definition) is 3. The van der Waals surface area contributed by atoms with Gasteiger partial charge in [-0.25, -0.2) is 0 Å². The molecule has 2 aliphatic carbocycles. The summed E-state index contributed by atoms with van der Waals surface area (Å²) >= 11 is 0. The van der Waals surface area contributed by atoms with E-state index in [2.05, 4.69) is 23.1 Å². The molecule has 6 heteroatoms. The highest BCUT2D eigenvalue weighted by molar-refractivity contribution is 7.90. The van der Waals surface area contributed by atoms with Gasteiger partial charge in [0.25, 0.3) is 10.0 Å². The molecule has 0 saturated heterocycles. The van der Waals surface area contributed by atoms with Crippen molar-refractivity contribution in [3.63, 3.8) is 0 Å². The summed E-state index contributed by atoms with van der Waals surface area (Å²) in [5, 5.41) is 0. The van der Waals surface area contributed by atoms with Crippen molar-refractivity contribution in [1.29, 1.82) is 0 Å². The molecular weight excluding hydrogens is 384 g/mol. The van der Waals surface area contributed by atoms with Crippen LogP contribution in [0.4, 0.5) is 0 Å². The number of methoxy groups -OCH3 is 1. The lowest BCUT2D eigenvalue weighted by Crippen LogP contribution is -2.44. The van der Waals surface area contributed by atoms with Crippen LogP contribution in [0.1, 0.15) is 78.1 Å². The average Bonchev–Trinajstić information content (AvgIpc) is 3.22. The molecule has 0 bridgehead atoms. The monoisotopic (exact) mass is 420 g/mol. The minimum Gasteiger partial charge on any atom is -0.497 e. The van der Waals surface area contributed by atoms with Gasteiger partial charge in [-0.2, -0.15) is 8.42 Å². The Labute approximate surface area is 176 Å².